The van der Waals surface area contributed by atoms with Crippen LogP contribution < -0.4 is 4.74 Å². The highest BCUT2D eigenvalue weighted by Gasteiger charge is 2.27. The van der Waals surface area contributed by atoms with E-state index in [1.54, 1.807) is 0 Å². The summed E-state index contributed by atoms with van der Waals surface area (Å²) in [5.74, 6) is 1.42. The van der Waals surface area contributed by atoms with Gasteiger partial charge in [0.1, 0.15) is 11.9 Å². The van der Waals surface area contributed by atoms with Crippen LogP contribution in [0, 0.1) is 11.8 Å². The van der Waals surface area contributed by atoms with E-state index in [-0.39, 0.29) is 18.0 Å². The van der Waals surface area contributed by atoms with Gasteiger partial charge in [-0.2, -0.15) is 0 Å². The molecule has 1 saturated carbocycles. The van der Waals surface area contributed by atoms with E-state index < -0.39 is 0 Å². The van der Waals surface area contributed by atoms with Crippen LogP contribution in [0.2, 0.25) is 0 Å². The minimum Gasteiger partial charge on any atom is -0.426 e. The van der Waals surface area contributed by atoms with Crippen molar-refractivity contribution in [1.29, 1.82) is 0 Å². The Bertz CT molecular complexity index is 440. The number of esters is 1. The highest BCUT2D eigenvalue weighted by Crippen LogP contribution is 2.32. The summed E-state index contributed by atoms with van der Waals surface area (Å²) in [4.78, 5) is 12.1. The summed E-state index contributed by atoms with van der Waals surface area (Å²) >= 11 is 0. The molecule has 2 fully saturated rings. The fourth-order valence-corrected chi connectivity index (χ4v) is 2.69. The van der Waals surface area contributed by atoms with E-state index in [2.05, 4.69) is 6.92 Å². The lowest BCUT2D eigenvalue weighted by Crippen LogP contribution is -2.24. The summed E-state index contributed by atoms with van der Waals surface area (Å²) in [6.45, 7) is 3.06. The van der Waals surface area contributed by atoms with Crippen molar-refractivity contribution in [3.8, 4) is 5.75 Å². The number of hydrogen-bond acceptors (Lipinski definition) is 3. The molecular formula is C16H20O3. The molecule has 3 heteroatoms. The van der Waals surface area contributed by atoms with Gasteiger partial charge >= 0.3 is 5.97 Å². The lowest BCUT2D eigenvalue weighted by molar-refractivity contribution is -0.140. The molecule has 3 rings (SSSR count). The predicted octanol–water partition coefficient (Wildman–Crippen LogP) is 3.49. The van der Waals surface area contributed by atoms with E-state index in [0.717, 1.165) is 43.8 Å². The zero-order valence-corrected chi connectivity index (χ0v) is 11.3. The first kappa shape index (κ1) is 12.7. The molecule has 1 aromatic carbocycles. The van der Waals surface area contributed by atoms with Crippen molar-refractivity contribution >= 4 is 5.97 Å². The molecule has 102 valence electrons. The third-order valence-corrected chi connectivity index (χ3v) is 4.15. The molecule has 0 amide bonds. The van der Waals surface area contributed by atoms with Crippen molar-refractivity contribution in [2.45, 2.75) is 38.7 Å². The van der Waals surface area contributed by atoms with Gasteiger partial charge in [-0.25, -0.2) is 0 Å². The van der Waals surface area contributed by atoms with Crippen molar-refractivity contribution in [3.63, 3.8) is 0 Å². The Hall–Kier alpha value is -1.35. The van der Waals surface area contributed by atoms with Gasteiger partial charge in [0.15, 0.2) is 0 Å². The zero-order valence-electron chi connectivity index (χ0n) is 11.3. The summed E-state index contributed by atoms with van der Waals surface area (Å²) in [7, 11) is 0. The monoisotopic (exact) mass is 260 g/mol. The molecule has 2 aliphatic rings. The second-order valence-electron chi connectivity index (χ2n) is 5.77. The van der Waals surface area contributed by atoms with Gasteiger partial charge in [0.2, 0.25) is 0 Å². The molecule has 0 radical (unpaired) electrons. The Labute approximate surface area is 113 Å². The zero-order chi connectivity index (χ0) is 13.2. The number of carbonyl (C=O) groups is 1. The summed E-state index contributed by atoms with van der Waals surface area (Å²) in [6, 6.07) is 7.67. The second-order valence-corrected chi connectivity index (χ2v) is 5.77. The predicted molar refractivity (Wildman–Crippen MR) is 71.9 cm³/mol. The van der Waals surface area contributed by atoms with Gasteiger partial charge in [0.05, 0.1) is 12.5 Å². The van der Waals surface area contributed by atoms with Gasteiger partial charge in [-0.1, -0.05) is 19.1 Å². The lowest BCUT2D eigenvalue weighted by atomic mass is 9.83. The summed E-state index contributed by atoms with van der Waals surface area (Å²) < 4.78 is 10.7. The third-order valence-electron chi connectivity index (χ3n) is 4.15. The molecule has 1 heterocycles. The van der Waals surface area contributed by atoms with Gasteiger partial charge < -0.3 is 9.47 Å². The topological polar surface area (TPSA) is 38.8 Å². The van der Waals surface area contributed by atoms with Crippen LogP contribution in [0.15, 0.2) is 24.3 Å². The SMILES string of the molecule is CC1CCC(C(=O)Oc2ccc(C3CO3)cc2)CC1. The number of carbonyl (C=O) groups excluding carboxylic acids is 1. The van der Waals surface area contributed by atoms with Crippen LogP contribution in [0.4, 0.5) is 0 Å². The highest BCUT2D eigenvalue weighted by atomic mass is 16.6. The standard InChI is InChI=1S/C16H20O3/c1-11-2-4-13(5-3-11)16(17)19-14-8-6-12(7-9-14)15-10-18-15/h6-9,11,13,15H,2-5,10H2,1H3. The Balaban J connectivity index is 1.56. The van der Waals surface area contributed by atoms with Crippen LogP contribution in [0.1, 0.15) is 44.3 Å². The Kier molecular flexibility index (Phi) is 3.56. The van der Waals surface area contributed by atoms with Gasteiger partial charge in [-0.3, -0.25) is 4.79 Å². The van der Waals surface area contributed by atoms with Gasteiger partial charge in [-0.15, -0.1) is 0 Å². The quantitative estimate of drug-likeness (QED) is 0.474. The molecule has 1 unspecified atom stereocenters. The minimum atomic E-state index is -0.0673. The largest absolute Gasteiger partial charge is 0.426 e. The van der Waals surface area contributed by atoms with Crippen LogP contribution in [-0.2, 0) is 9.53 Å². The van der Waals surface area contributed by atoms with Crippen molar-refractivity contribution in [2.75, 3.05) is 6.61 Å². The first-order valence-corrected chi connectivity index (χ1v) is 7.15. The molecule has 1 saturated heterocycles. The first-order chi connectivity index (χ1) is 9.22. The first-order valence-electron chi connectivity index (χ1n) is 7.15. The third kappa shape index (κ3) is 3.16. The molecule has 1 atom stereocenters. The Morgan fingerprint density at radius 2 is 1.79 bits per heavy atom. The second kappa shape index (κ2) is 5.33. The van der Waals surface area contributed by atoms with Crippen LogP contribution >= 0.6 is 0 Å². The number of hydrogen-bond donors (Lipinski definition) is 0. The molecule has 3 nitrogen and oxygen atoms in total. The molecule has 1 aromatic rings. The number of ether oxygens (including phenoxy) is 2. The molecule has 0 bridgehead atoms. The van der Waals surface area contributed by atoms with Crippen molar-refractivity contribution in [3.05, 3.63) is 29.8 Å². The van der Waals surface area contributed by atoms with Gasteiger partial charge in [0.25, 0.3) is 0 Å². The van der Waals surface area contributed by atoms with Crippen LogP contribution in [0.5, 0.6) is 5.75 Å². The van der Waals surface area contributed by atoms with E-state index >= 15 is 0 Å². The minimum absolute atomic E-state index is 0.0673. The van der Waals surface area contributed by atoms with E-state index in [0.29, 0.717) is 5.75 Å². The Morgan fingerprint density at radius 1 is 1.16 bits per heavy atom. The number of epoxide rings is 1. The fraction of sp³-hybridized carbons (Fsp3) is 0.562. The van der Waals surface area contributed by atoms with E-state index in [4.69, 9.17) is 9.47 Å². The summed E-state index contributed by atoms with van der Waals surface area (Å²) in [5.41, 5.74) is 1.16. The molecule has 0 N–H and O–H groups in total. The Morgan fingerprint density at radius 3 is 2.37 bits per heavy atom. The van der Waals surface area contributed by atoms with E-state index in [1.807, 2.05) is 24.3 Å². The summed E-state index contributed by atoms with van der Waals surface area (Å²) in [6.07, 6.45) is 4.46. The molecular weight excluding hydrogens is 240 g/mol. The average molecular weight is 260 g/mol. The molecule has 0 spiro atoms. The number of rotatable bonds is 3. The number of benzene rings is 1. The van der Waals surface area contributed by atoms with Crippen LogP contribution in [0.3, 0.4) is 0 Å². The van der Waals surface area contributed by atoms with Crippen LogP contribution in [0.25, 0.3) is 0 Å². The maximum atomic E-state index is 12.1. The normalized spacial score (nSPS) is 29.8. The van der Waals surface area contributed by atoms with Gasteiger partial charge in [0, 0.05) is 0 Å². The molecule has 19 heavy (non-hydrogen) atoms. The average Bonchev–Trinajstić information content (AvgIpc) is 3.25. The van der Waals surface area contributed by atoms with Crippen molar-refractivity contribution in [2.24, 2.45) is 11.8 Å². The molecule has 1 aliphatic heterocycles. The van der Waals surface area contributed by atoms with E-state index in [9.17, 15) is 4.79 Å². The van der Waals surface area contributed by atoms with Gasteiger partial charge in [-0.05, 0) is 49.3 Å². The van der Waals surface area contributed by atoms with Crippen molar-refractivity contribution in [1.82, 2.24) is 0 Å². The molecule has 1 aliphatic carbocycles. The molecule has 0 aromatic heterocycles. The maximum absolute atomic E-state index is 12.1. The summed E-state index contributed by atoms with van der Waals surface area (Å²) in [5, 5.41) is 0. The van der Waals surface area contributed by atoms with Crippen molar-refractivity contribution < 1.29 is 14.3 Å². The van der Waals surface area contributed by atoms with Crippen LogP contribution in [-0.4, -0.2) is 12.6 Å². The fourth-order valence-electron chi connectivity index (χ4n) is 2.69. The smallest absolute Gasteiger partial charge is 0.314 e. The van der Waals surface area contributed by atoms with E-state index in [1.165, 1.54) is 0 Å². The maximum Gasteiger partial charge on any atom is 0.314 e. The highest BCUT2D eigenvalue weighted by molar-refractivity contribution is 5.75. The lowest BCUT2D eigenvalue weighted by Gasteiger charge is -2.24.